The van der Waals surface area contributed by atoms with Gasteiger partial charge in [0.1, 0.15) is 5.82 Å². The molecule has 0 radical (unpaired) electrons. The first-order valence-electron chi connectivity index (χ1n) is 9.40. The predicted molar refractivity (Wildman–Crippen MR) is 115 cm³/mol. The van der Waals surface area contributed by atoms with Gasteiger partial charge in [-0.2, -0.15) is 0 Å². The summed E-state index contributed by atoms with van der Waals surface area (Å²) in [6.07, 6.45) is 0. The molecule has 0 atom stereocenters. The lowest BCUT2D eigenvalue weighted by atomic mass is 10.2. The van der Waals surface area contributed by atoms with E-state index in [9.17, 15) is 14.0 Å². The van der Waals surface area contributed by atoms with E-state index in [1.165, 1.54) is 28.2 Å². The summed E-state index contributed by atoms with van der Waals surface area (Å²) in [5.41, 5.74) is 1.31. The minimum atomic E-state index is -0.531. The molecule has 0 saturated carbocycles. The molecule has 2 heterocycles. The van der Waals surface area contributed by atoms with Gasteiger partial charge in [-0.1, -0.05) is 12.1 Å². The maximum Gasteiger partial charge on any atom is 0.338 e. The Morgan fingerprint density at radius 1 is 1.13 bits per heavy atom. The van der Waals surface area contributed by atoms with Gasteiger partial charge in [0.25, 0.3) is 5.91 Å². The third kappa shape index (κ3) is 4.51. The van der Waals surface area contributed by atoms with Crippen molar-refractivity contribution >= 4 is 28.9 Å². The van der Waals surface area contributed by atoms with E-state index in [1.807, 2.05) is 17.5 Å². The van der Waals surface area contributed by atoms with Crippen molar-refractivity contribution in [3.05, 3.63) is 83.2 Å². The first-order chi connectivity index (χ1) is 15.0. The molecule has 9 heteroatoms. The SMILES string of the molecule is CCOC(=O)c1ccc(NC(=O)c2nc(-c3cccs3)n(-c3cccc(F)c3)n2)cc1. The van der Waals surface area contributed by atoms with Crippen LogP contribution in [0.5, 0.6) is 0 Å². The van der Waals surface area contributed by atoms with Crippen LogP contribution in [0.15, 0.2) is 66.0 Å². The lowest BCUT2D eigenvalue weighted by molar-refractivity contribution is 0.0526. The van der Waals surface area contributed by atoms with Crippen LogP contribution in [-0.4, -0.2) is 33.2 Å². The molecular formula is C22H17FN4O3S. The summed E-state index contributed by atoms with van der Waals surface area (Å²) in [7, 11) is 0. The standard InChI is InChI=1S/C22H17FN4O3S/c1-2-30-22(29)14-8-10-16(11-9-14)24-21(28)19-25-20(18-7-4-12-31-18)27(26-19)17-6-3-5-15(23)13-17/h3-13H,2H2,1H3,(H,24,28). The van der Waals surface area contributed by atoms with Gasteiger partial charge in [0.15, 0.2) is 5.82 Å². The number of nitrogens with zero attached hydrogens (tertiary/aromatic N) is 3. The molecule has 0 fully saturated rings. The Hall–Kier alpha value is -3.85. The summed E-state index contributed by atoms with van der Waals surface area (Å²) in [6.45, 7) is 2.01. The fourth-order valence-corrected chi connectivity index (χ4v) is 3.55. The average molecular weight is 436 g/mol. The number of hydrogen-bond acceptors (Lipinski definition) is 6. The minimum absolute atomic E-state index is 0.0675. The Morgan fingerprint density at radius 2 is 1.94 bits per heavy atom. The molecule has 31 heavy (non-hydrogen) atoms. The van der Waals surface area contributed by atoms with E-state index in [-0.39, 0.29) is 12.4 Å². The van der Waals surface area contributed by atoms with E-state index in [1.54, 1.807) is 43.3 Å². The van der Waals surface area contributed by atoms with E-state index in [0.717, 1.165) is 4.88 Å². The van der Waals surface area contributed by atoms with Gasteiger partial charge in [-0.15, -0.1) is 16.4 Å². The van der Waals surface area contributed by atoms with Crippen molar-refractivity contribution in [2.75, 3.05) is 11.9 Å². The quantitative estimate of drug-likeness (QED) is 0.448. The first-order valence-corrected chi connectivity index (χ1v) is 10.3. The second-order valence-electron chi connectivity index (χ2n) is 6.38. The second kappa shape index (κ2) is 8.88. The van der Waals surface area contributed by atoms with Crippen LogP contribution in [0.1, 0.15) is 27.9 Å². The number of rotatable bonds is 6. The third-order valence-corrected chi connectivity index (χ3v) is 5.12. The zero-order valence-corrected chi connectivity index (χ0v) is 17.2. The molecule has 1 amide bonds. The number of thiophene rings is 1. The molecule has 4 aromatic rings. The fourth-order valence-electron chi connectivity index (χ4n) is 2.85. The van der Waals surface area contributed by atoms with Crippen LogP contribution in [-0.2, 0) is 4.74 Å². The number of amides is 1. The lowest BCUT2D eigenvalue weighted by Gasteiger charge is -2.05. The second-order valence-corrected chi connectivity index (χ2v) is 7.33. The number of benzene rings is 2. The fraction of sp³-hybridized carbons (Fsp3) is 0.0909. The van der Waals surface area contributed by atoms with Gasteiger partial charge in [0, 0.05) is 5.69 Å². The summed E-state index contributed by atoms with van der Waals surface area (Å²) in [5.74, 6) is -1.02. The third-order valence-electron chi connectivity index (χ3n) is 4.26. The van der Waals surface area contributed by atoms with E-state index < -0.39 is 17.7 Å². The highest BCUT2D eigenvalue weighted by molar-refractivity contribution is 7.13. The highest BCUT2D eigenvalue weighted by atomic mass is 32.1. The van der Waals surface area contributed by atoms with Crippen LogP contribution in [0.2, 0.25) is 0 Å². The zero-order chi connectivity index (χ0) is 21.8. The molecule has 2 aromatic heterocycles. The van der Waals surface area contributed by atoms with Crippen molar-refractivity contribution in [1.29, 1.82) is 0 Å². The molecule has 2 aromatic carbocycles. The number of esters is 1. The summed E-state index contributed by atoms with van der Waals surface area (Å²) in [5, 5.41) is 8.89. The van der Waals surface area contributed by atoms with Gasteiger partial charge in [-0.25, -0.2) is 18.9 Å². The van der Waals surface area contributed by atoms with Crippen LogP contribution < -0.4 is 5.32 Å². The van der Waals surface area contributed by atoms with Crippen molar-refractivity contribution in [3.63, 3.8) is 0 Å². The molecular weight excluding hydrogens is 419 g/mol. The molecule has 0 spiro atoms. The maximum atomic E-state index is 13.7. The van der Waals surface area contributed by atoms with Crippen molar-refractivity contribution in [2.24, 2.45) is 0 Å². The number of carbonyl (C=O) groups is 2. The van der Waals surface area contributed by atoms with Crippen LogP contribution in [0.4, 0.5) is 10.1 Å². The lowest BCUT2D eigenvalue weighted by Crippen LogP contribution is -2.14. The molecule has 7 nitrogen and oxygen atoms in total. The van der Waals surface area contributed by atoms with Gasteiger partial charge in [-0.3, -0.25) is 4.79 Å². The largest absolute Gasteiger partial charge is 0.462 e. The maximum absolute atomic E-state index is 13.7. The highest BCUT2D eigenvalue weighted by Crippen LogP contribution is 2.26. The molecule has 1 N–H and O–H groups in total. The number of nitrogens with one attached hydrogen (secondary N) is 1. The molecule has 0 saturated heterocycles. The number of halogens is 1. The first kappa shape index (κ1) is 20.4. The molecule has 0 bridgehead atoms. The molecule has 156 valence electrons. The Balaban J connectivity index is 1.61. The molecule has 0 aliphatic rings. The van der Waals surface area contributed by atoms with Gasteiger partial charge in [0.05, 0.1) is 22.7 Å². The van der Waals surface area contributed by atoms with Gasteiger partial charge in [-0.05, 0) is 60.8 Å². The number of aromatic nitrogens is 3. The summed E-state index contributed by atoms with van der Waals surface area (Å²) in [6, 6.07) is 15.9. The topological polar surface area (TPSA) is 86.1 Å². The number of anilines is 1. The van der Waals surface area contributed by atoms with Gasteiger partial charge < -0.3 is 10.1 Å². The summed E-state index contributed by atoms with van der Waals surface area (Å²) < 4.78 is 20.1. The van der Waals surface area contributed by atoms with Crippen molar-refractivity contribution in [1.82, 2.24) is 14.8 Å². The summed E-state index contributed by atoms with van der Waals surface area (Å²) >= 11 is 1.43. The molecule has 4 rings (SSSR count). The normalized spacial score (nSPS) is 10.6. The van der Waals surface area contributed by atoms with Crippen LogP contribution >= 0.6 is 11.3 Å². The number of hydrogen-bond donors (Lipinski definition) is 1. The molecule has 0 unspecified atom stereocenters. The van der Waals surface area contributed by atoms with Crippen molar-refractivity contribution < 1.29 is 18.7 Å². The minimum Gasteiger partial charge on any atom is -0.462 e. The smallest absolute Gasteiger partial charge is 0.338 e. The Kier molecular flexibility index (Phi) is 5.85. The molecule has 0 aliphatic heterocycles. The number of carbonyl (C=O) groups excluding carboxylic acids is 2. The van der Waals surface area contributed by atoms with Crippen molar-refractivity contribution in [3.8, 4) is 16.4 Å². The van der Waals surface area contributed by atoms with E-state index in [0.29, 0.717) is 22.8 Å². The highest BCUT2D eigenvalue weighted by Gasteiger charge is 2.20. The Morgan fingerprint density at radius 3 is 2.61 bits per heavy atom. The zero-order valence-electron chi connectivity index (χ0n) is 16.4. The van der Waals surface area contributed by atoms with Crippen LogP contribution in [0.25, 0.3) is 16.4 Å². The Labute approximate surface area is 181 Å². The number of ether oxygens (including phenoxy) is 1. The molecule has 0 aliphatic carbocycles. The predicted octanol–water partition coefficient (Wildman–Crippen LogP) is 4.56. The van der Waals surface area contributed by atoms with Gasteiger partial charge in [0.2, 0.25) is 5.82 Å². The Bertz CT molecular complexity index is 1220. The average Bonchev–Trinajstić information content (AvgIpc) is 3.44. The van der Waals surface area contributed by atoms with E-state index in [4.69, 9.17) is 4.74 Å². The van der Waals surface area contributed by atoms with Crippen LogP contribution in [0, 0.1) is 5.82 Å². The van der Waals surface area contributed by atoms with Crippen LogP contribution in [0.3, 0.4) is 0 Å². The van der Waals surface area contributed by atoms with Crippen molar-refractivity contribution in [2.45, 2.75) is 6.92 Å². The summed E-state index contributed by atoms with van der Waals surface area (Å²) in [4.78, 5) is 29.7. The monoisotopic (exact) mass is 436 g/mol. The van der Waals surface area contributed by atoms with E-state index in [2.05, 4.69) is 15.4 Å². The van der Waals surface area contributed by atoms with E-state index >= 15 is 0 Å². The van der Waals surface area contributed by atoms with Gasteiger partial charge >= 0.3 is 5.97 Å².